The molecule has 3 aromatic carbocycles. The summed E-state index contributed by atoms with van der Waals surface area (Å²) in [6.07, 6.45) is 3.22. The minimum atomic E-state index is -0.523. The van der Waals surface area contributed by atoms with Gasteiger partial charge in [-0.25, -0.2) is 4.98 Å². The number of amides is 1. The molecule has 1 aromatic heterocycles. The van der Waals surface area contributed by atoms with Crippen LogP contribution < -0.4 is 10.3 Å². The Bertz CT molecular complexity index is 1510. The van der Waals surface area contributed by atoms with Crippen molar-refractivity contribution in [1.82, 2.24) is 19.4 Å². The van der Waals surface area contributed by atoms with E-state index >= 15 is 0 Å². The number of ether oxygens (including phenoxy) is 1. The van der Waals surface area contributed by atoms with Crippen LogP contribution in [0.3, 0.4) is 0 Å². The summed E-state index contributed by atoms with van der Waals surface area (Å²) in [5, 5.41) is 0.939. The lowest BCUT2D eigenvalue weighted by molar-refractivity contribution is 0.0667. The van der Waals surface area contributed by atoms with Crippen LogP contribution in [0.5, 0.6) is 5.75 Å². The Hall–Kier alpha value is -3.68. The number of fused-ring (bicyclic) bond motifs is 1. The van der Waals surface area contributed by atoms with Crippen LogP contribution in [-0.2, 0) is 6.42 Å². The van der Waals surface area contributed by atoms with Gasteiger partial charge in [-0.05, 0) is 94.0 Å². The molecule has 1 amide bonds. The van der Waals surface area contributed by atoms with Gasteiger partial charge in [0.05, 0.1) is 29.7 Å². The first kappa shape index (κ1) is 29.3. The highest BCUT2D eigenvalue weighted by molar-refractivity contribution is 6.31. The zero-order valence-electron chi connectivity index (χ0n) is 23.9. The maximum atomic E-state index is 14.0. The summed E-state index contributed by atoms with van der Waals surface area (Å²) in [4.78, 5) is 36.6. The summed E-state index contributed by atoms with van der Waals surface area (Å²) in [6.45, 7) is 5.19. The van der Waals surface area contributed by atoms with Gasteiger partial charge in [0.1, 0.15) is 11.6 Å². The number of aryl methyl sites for hydroxylation is 1. The van der Waals surface area contributed by atoms with Gasteiger partial charge in [-0.1, -0.05) is 37.1 Å². The average Bonchev–Trinajstić information content (AvgIpc) is 2.96. The predicted octanol–water partition coefficient (Wildman–Crippen LogP) is 6.16. The second-order valence-corrected chi connectivity index (χ2v) is 10.7. The van der Waals surface area contributed by atoms with E-state index in [-0.39, 0.29) is 11.5 Å². The molecule has 210 valence electrons. The Labute approximate surface area is 241 Å². The average molecular weight is 561 g/mol. The molecule has 0 aliphatic rings. The minimum absolute atomic E-state index is 0.113. The Kier molecular flexibility index (Phi) is 9.61. The molecule has 0 fully saturated rings. The first-order valence-corrected chi connectivity index (χ1v) is 14.0. The SMILES string of the molecule is CCCCc1ccc(C(=O)N(CCN(C)C)C(C)c2nc3cc(Cl)ccc3c(=O)n2-c2ccc(OC)cc2)cc1. The highest BCUT2D eigenvalue weighted by atomic mass is 35.5. The highest BCUT2D eigenvalue weighted by Crippen LogP contribution is 2.26. The number of carbonyl (C=O) groups excluding carboxylic acids is 1. The number of hydrogen-bond donors (Lipinski definition) is 0. The molecule has 0 aliphatic carbocycles. The number of unbranched alkanes of at least 4 members (excludes halogenated alkanes) is 1. The summed E-state index contributed by atoms with van der Waals surface area (Å²) in [5.41, 5.74) is 2.72. The molecule has 7 nitrogen and oxygen atoms in total. The smallest absolute Gasteiger partial charge is 0.266 e. The molecule has 1 heterocycles. The van der Waals surface area contributed by atoms with Crippen LogP contribution in [0.1, 0.15) is 54.5 Å². The van der Waals surface area contributed by atoms with Gasteiger partial charge in [-0.2, -0.15) is 0 Å². The molecule has 8 heteroatoms. The molecule has 1 unspecified atom stereocenters. The monoisotopic (exact) mass is 560 g/mol. The fourth-order valence-corrected chi connectivity index (χ4v) is 4.88. The first-order chi connectivity index (χ1) is 19.2. The van der Waals surface area contributed by atoms with Crippen LogP contribution >= 0.6 is 11.6 Å². The number of likely N-dealkylation sites (N-methyl/N-ethyl adjacent to an activating group) is 1. The lowest BCUT2D eigenvalue weighted by Crippen LogP contribution is -2.41. The van der Waals surface area contributed by atoms with Crippen molar-refractivity contribution in [3.8, 4) is 11.4 Å². The van der Waals surface area contributed by atoms with E-state index in [2.05, 4.69) is 6.92 Å². The van der Waals surface area contributed by atoms with Crippen LogP contribution in [0, 0.1) is 0 Å². The number of methoxy groups -OCH3 is 1. The maximum Gasteiger partial charge on any atom is 0.266 e. The molecule has 1 atom stereocenters. The van der Waals surface area contributed by atoms with Gasteiger partial charge in [0.15, 0.2) is 0 Å². The van der Waals surface area contributed by atoms with Crippen molar-refractivity contribution in [3.05, 3.63) is 99.1 Å². The van der Waals surface area contributed by atoms with Gasteiger partial charge >= 0.3 is 0 Å². The second kappa shape index (κ2) is 13.1. The summed E-state index contributed by atoms with van der Waals surface area (Å²) in [7, 11) is 5.54. The maximum absolute atomic E-state index is 14.0. The molecule has 0 spiro atoms. The lowest BCUT2D eigenvalue weighted by Gasteiger charge is -2.31. The van der Waals surface area contributed by atoms with Gasteiger partial charge in [-0.15, -0.1) is 0 Å². The molecule has 0 radical (unpaired) electrons. The molecule has 4 aromatic rings. The van der Waals surface area contributed by atoms with Gasteiger partial charge < -0.3 is 14.5 Å². The van der Waals surface area contributed by atoms with Crippen molar-refractivity contribution in [1.29, 1.82) is 0 Å². The molecular weight excluding hydrogens is 524 g/mol. The Morgan fingerprint density at radius 3 is 2.35 bits per heavy atom. The number of rotatable bonds is 11. The van der Waals surface area contributed by atoms with Crippen LogP contribution in [0.2, 0.25) is 5.02 Å². The zero-order valence-corrected chi connectivity index (χ0v) is 24.6. The predicted molar refractivity (Wildman–Crippen MR) is 162 cm³/mol. The number of benzene rings is 3. The largest absolute Gasteiger partial charge is 0.497 e. The van der Waals surface area contributed by atoms with E-state index < -0.39 is 6.04 Å². The number of aromatic nitrogens is 2. The van der Waals surface area contributed by atoms with Gasteiger partial charge in [0, 0.05) is 23.7 Å². The fraction of sp³-hybridized carbons (Fsp3) is 0.344. The first-order valence-electron chi connectivity index (χ1n) is 13.6. The Morgan fingerprint density at radius 2 is 1.73 bits per heavy atom. The Morgan fingerprint density at radius 1 is 1.02 bits per heavy atom. The van der Waals surface area contributed by atoms with Crippen LogP contribution in [0.4, 0.5) is 0 Å². The van der Waals surface area contributed by atoms with E-state index in [1.807, 2.05) is 62.3 Å². The van der Waals surface area contributed by atoms with Gasteiger partial charge in [-0.3, -0.25) is 14.2 Å². The van der Waals surface area contributed by atoms with E-state index in [4.69, 9.17) is 21.3 Å². The van der Waals surface area contributed by atoms with Crippen LogP contribution in [0.25, 0.3) is 16.6 Å². The van der Waals surface area contributed by atoms with E-state index in [9.17, 15) is 9.59 Å². The van der Waals surface area contributed by atoms with Crippen molar-refractivity contribution in [3.63, 3.8) is 0 Å². The minimum Gasteiger partial charge on any atom is -0.497 e. The van der Waals surface area contributed by atoms with E-state index in [0.717, 1.165) is 19.3 Å². The highest BCUT2D eigenvalue weighted by Gasteiger charge is 2.28. The molecule has 0 saturated carbocycles. The van der Waals surface area contributed by atoms with Gasteiger partial charge in [0.25, 0.3) is 11.5 Å². The quantitative estimate of drug-likeness (QED) is 0.220. The number of carbonyl (C=O) groups is 1. The number of hydrogen-bond acceptors (Lipinski definition) is 5. The normalized spacial score (nSPS) is 12.1. The van der Waals surface area contributed by atoms with Crippen molar-refractivity contribution < 1.29 is 9.53 Å². The summed E-state index contributed by atoms with van der Waals surface area (Å²) in [6, 6.07) is 19.6. The second-order valence-electron chi connectivity index (χ2n) is 10.2. The topological polar surface area (TPSA) is 67.7 Å². The molecule has 0 aliphatic heterocycles. The van der Waals surface area contributed by atoms with E-state index in [0.29, 0.717) is 51.8 Å². The standard InChI is InChI=1S/C32H37ClN4O3/c1-6-7-8-23-9-11-24(12-10-23)31(38)36(20-19-35(3)4)22(2)30-34-29-21-25(33)13-18-28(29)32(39)37(30)26-14-16-27(40-5)17-15-26/h9-18,21-22H,6-8,19-20H2,1-5H3. The Balaban J connectivity index is 1.83. The molecule has 0 bridgehead atoms. The van der Waals surface area contributed by atoms with Crippen LogP contribution in [0.15, 0.2) is 71.5 Å². The third kappa shape index (κ3) is 6.54. The van der Waals surface area contributed by atoms with E-state index in [1.165, 1.54) is 5.56 Å². The van der Waals surface area contributed by atoms with Crippen molar-refractivity contribution in [2.45, 2.75) is 39.2 Å². The molecule has 40 heavy (non-hydrogen) atoms. The molecule has 0 saturated heterocycles. The van der Waals surface area contributed by atoms with Gasteiger partial charge in [0.2, 0.25) is 0 Å². The number of halogens is 1. The molecule has 4 rings (SSSR count). The van der Waals surface area contributed by atoms with Crippen molar-refractivity contribution >= 4 is 28.4 Å². The summed E-state index contributed by atoms with van der Waals surface area (Å²) < 4.78 is 6.91. The van der Waals surface area contributed by atoms with E-state index in [1.54, 1.807) is 46.9 Å². The van der Waals surface area contributed by atoms with Crippen molar-refractivity contribution in [2.24, 2.45) is 0 Å². The summed E-state index contributed by atoms with van der Waals surface area (Å²) >= 11 is 6.28. The molecule has 0 N–H and O–H groups in total. The lowest BCUT2D eigenvalue weighted by atomic mass is 10.0. The fourth-order valence-electron chi connectivity index (χ4n) is 4.72. The zero-order chi connectivity index (χ0) is 28.8. The third-order valence-electron chi connectivity index (χ3n) is 7.10. The third-order valence-corrected chi connectivity index (χ3v) is 7.33. The molecular formula is C32H37ClN4O3. The van der Waals surface area contributed by atoms with Crippen molar-refractivity contribution in [2.75, 3.05) is 34.3 Å². The summed E-state index contributed by atoms with van der Waals surface area (Å²) in [5.74, 6) is 1.02. The number of nitrogens with zero attached hydrogens (tertiary/aromatic N) is 4. The van der Waals surface area contributed by atoms with Crippen LogP contribution in [-0.4, -0.2) is 59.6 Å².